The Bertz CT molecular complexity index is 720. The van der Waals surface area contributed by atoms with Crippen LogP contribution in [0.15, 0.2) is 35.1 Å². The van der Waals surface area contributed by atoms with Gasteiger partial charge in [-0.25, -0.2) is 4.68 Å². The fraction of sp³-hybridized carbons (Fsp3) is 0.312. The van der Waals surface area contributed by atoms with Gasteiger partial charge in [0.2, 0.25) is 0 Å². The molecule has 2 aromatic rings. The van der Waals surface area contributed by atoms with Crippen LogP contribution in [0.5, 0.6) is 5.75 Å². The normalized spacial score (nSPS) is 10.5. The van der Waals surface area contributed by atoms with Crippen molar-refractivity contribution in [1.82, 2.24) is 9.78 Å². The van der Waals surface area contributed by atoms with E-state index in [2.05, 4.69) is 5.10 Å². The number of ether oxygens (including phenoxy) is 1. The number of hydrogen-bond donors (Lipinski definition) is 1. The van der Waals surface area contributed by atoms with E-state index in [1.807, 2.05) is 19.1 Å². The minimum atomic E-state index is -1.04. The number of carboxylic acid groups (broad SMARTS) is 1. The molecule has 0 bridgehead atoms. The Morgan fingerprint density at radius 2 is 2.00 bits per heavy atom. The van der Waals surface area contributed by atoms with Crippen molar-refractivity contribution in [3.63, 3.8) is 0 Å². The maximum Gasteiger partial charge on any atom is 0.308 e. The molecule has 0 saturated heterocycles. The highest BCUT2D eigenvalue weighted by Crippen LogP contribution is 2.20. The van der Waals surface area contributed by atoms with Crippen molar-refractivity contribution in [2.75, 3.05) is 7.11 Å². The molecule has 0 aliphatic rings. The summed E-state index contributed by atoms with van der Waals surface area (Å²) in [6.45, 7) is 2.39. The highest BCUT2D eigenvalue weighted by Gasteiger charge is 2.12. The fourth-order valence-corrected chi connectivity index (χ4v) is 2.15. The van der Waals surface area contributed by atoms with Crippen molar-refractivity contribution in [3.05, 3.63) is 46.2 Å². The molecular weight excluding hydrogens is 284 g/mol. The smallest absolute Gasteiger partial charge is 0.308 e. The van der Waals surface area contributed by atoms with Crippen LogP contribution in [-0.2, 0) is 17.8 Å². The number of carboxylic acids is 1. The number of benzene rings is 1. The lowest BCUT2D eigenvalue weighted by Gasteiger charge is -2.09. The van der Waals surface area contributed by atoms with Gasteiger partial charge < -0.3 is 9.84 Å². The molecule has 6 heteroatoms. The van der Waals surface area contributed by atoms with E-state index in [1.54, 1.807) is 25.3 Å². The Hall–Kier alpha value is -2.63. The molecule has 1 aromatic heterocycles. The second-order valence-electron chi connectivity index (χ2n) is 4.88. The molecule has 0 fully saturated rings. The number of methoxy groups -OCH3 is 1. The van der Waals surface area contributed by atoms with Crippen molar-refractivity contribution in [1.29, 1.82) is 0 Å². The number of rotatable bonds is 6. The third-order valence-corrected chi connectivity index (χ3v) is 3.21. The summed E-state index contributed by atoms with van der Waals surface area (Å²) < 4.78 is 6.44. The zero-order chi connectivity index (χ0) is 16.1. The number of nitrogens with zero attached hydrogens (tertiary/aromatic N) is 2. The van der Waals surface area contributed by atoms with Gasteiger partial charge in [-0.1, -0.05) is 6.92 Å². The first kappa shape index (κ1) is 15.8. The Kier molecular flexibility index (Phi) is 4.93. The van der Waals surface area contributed by atoms with Crippen LogP contribution in [0, 0.1) is 0 Å². The van der Waals surface area contributed by atoms with Gasteiger partial charge in [0.15, 0.2) is 0 Å². The number of carbonyl (C=O) groups is 1. The first-order chi connectivity index (χ1) is 10.5. The fourth-order valence-electron chi connectivity index (χ4n) is 2.15. The second-order valence-corrected chi connectivity index (χ2v) is 4.88. The second kappa shape index (κ2) is 6.89. The van der Waals surface area contributed by atoms with Crippen molar-refractivity contribution < 1.29 is 14.6 Å². The van der Waals surface area contributed by atoms with Crippen LogP contribution in [0.3, 0.4) is 0 Å². The summed E-state index contributed by atoms with van der Waals surface area (Å²) in [6.07, 6.45) is 0.430. The minimum absolute atomic E-state index is 0.238. The molecule has 0 atom stereocenters. The highest BCUT2D eigenvalue weighted by atomic mass is 16.5. The number of aliphatic carboxylic acids is 1. The molecular formula is C16H18N2O4. The van der Waals surface area contributed by atoms with Gasteiger partial charge in [0.1, 0.15) is 5.75 Å². The quantitative estimate of drug-likeness (QED) is 0.882. The highest BCUT2D eigenvalue weighted by molar-refractivity contribution is 5.71. The summed E-state index contributed by atoms with van der Waals surface area (Å²) in [4.78, 5) is 23.1. The molecule has 22 heavy (non-hydrogen) atoms. The van der Waals surface area contributed by atoms with Crippen LogP contribution < -0.4 is 10.3 Å². The van der Waals surface area contributed by atoms with E-state index in [9.17, 15) is 9.59 Å². The molecule has 0 radical (unpaired) electrons. The van der Waals surface area contributed by atoms with Crippen LogP contribution in [0.4, 0.5) is 0 Å². The molecule has 2 rings (SSSR count). The van der Waals surface area contributed by atoms with E-state index in [0.29, 0.717) is 12.2 Å². The summed E-state index contributed by atoms with van der Waals surface area (Å²) in [6, 6.07) is 8.79. The number of aromatic nitrogens is 2. The van der Waals surface area contributed by atoms with Crippen molar-refractivity contribution in [2.24, 2.45) is 0 Å². The average Bonchev–Trinajstić information content (AvgIpc) is 2.51. The summed E-state index contributed by atoms with van der Waals surface area (Å²) in [5.74, 6) is -0.316. The van der Waals surface area contributed by atoms with Crippen molar-refractivity contribution in [2.45, 2.75) is 26.3 Å². The van der Waals surface area contributed by atoms with Gasteiger partial charge in [-0.05, 0) is 36.8 Å². The Labute approximate surface area is 128 Å². The molecule has 0 saturated carbocycles. The Morgan fingerprint density at radius 3 is 2.55 bits per heavy atom. The topological polar surface area (TPSA) is 81.4 Å². The van der Waals surface area contributed by atoms with E-state index in [1.165, 1.54) is 4.68 Å². The average molecular weight is 302 g/mol. The van der Waals surface area contributed by atoms with Crippen LogP contribution in [-0.4, -0.2) is 28.0 Å². The van der Waals surface area contributed by atoms with Gasteiger partial charge in [-0.15, -0.1) is 0 Å². The third-order valence-electron chi connectivity index (χ3n) is 3.21. The lowest BCUT2D eigenvalue weighted by Crippen LogP contribution is -2.28. The number of hydrogen-bond acceptors (Lipinski definition) is 4. The Morgan fingerprint density at radius 1 is 1.32 bits per heavy atom. The monoisotopic (exact) mass is 302 g/mol. The summed E-state index contributed by atoms with van der Waals surface area (Å²) in [5, 5.41) is 13.3. The molecule has 1 N–H and O–H groups in total. The molecule has 0 amide bonds. The van der Waals surface area contributed by atoms with Crippen LogP contribution in [0.25, 0.3) is 11.3 Å². The minimum Gasteiger partial charge on any atom is -0.497 e. The van der Waals surface area contributed by atoms with E-state index in [4.69, 9.17) is 9.84 Å². The lowest BCUT2D eigenvalue weighted by atomic mass is 10.1. The molecule has 0 unspecified atom stereocenters. The van der Waals surface area contributed by atoms with Crippen LogP contribution >= 0.6 is 0 Å². The standard InChI is InChI=1S/C16H18N2O4/c1-3-8-18-16(21)12(10-15(19)20)9-14(17-18)11-4-6-13(22-2)7-5-11/h4-7,9H,3,8,10H2,1-2H3,(H,19,20). The van der Waals surface area contributed by atoms with Gasteiger partial charge >= 0.3 is 5.97 Å². The zero-order valence-electron chi connectivity index (χ0n) is 12.6. The lowest BCUT2D eigenvalue weighted by molar-refractivity contribution is -0.136. The summed E-state index contributed by atoms with van der Waals surface area (Å²) in [7, 11) is 1.58. The van der Waals surface area contributed by atoms with Gasteiger partial charge in [-0.2, -0.15) is 5.10 Å². The Balaban J connectivity index is 2.51. The molecule has 1 aromatic carbocycles. The number of aryl methyl sites for hydroxylation is 1. The van der Waals surface area contributed by atoms with E-state index in [-0.39, 0.29) is 17.5 Å². The maximum atomic E-state index is 12.2. The third kappa shape index (κ3) is 3.52. The maximum absolute atomic E-state index is 12.2. The van der Waals surface area contributed by atoms with E-state index >= 15 is 0 Å². The van der Waals surface area contributed by atoms with Gasteiger partial charge in [0.05, 0.1) is 19.2 Å². The summed E-state index contributed by atoms with van der Waals surface area (Å²) in [5.41, 5.74) is 1.27. The van der Waals surface area contributed by atoms with Gasteiger partial charge in [-0.3, -0.25) is 9.59 Å². The first-order valence-corrected chi connectivity index (χ1v) is 7.02. The van der Waals surface area contributed by atoms with E-state index in [0.717, 1.165) is 17.7 Å². The molecule has 0 aliphatic carbocycles. The molecule has 6 nitrogen and oxygen atoms in total. The van der Waals surface area contributed by atoms with E-state index < -0.39 is 5.97 Å². The zero-order valence-corrected chi connectivity index (χ0v) is 12.6. The molecule has 0 aliphatic heterocycles. The van der Waals surface area contributed by atoms with Crippen LogP contribution in [0.1, 0.15) is 18.9 Å². The SMILES string of the molecule is CCCn1nc(-c2ccc(OC)cc2)cc(CC(=O)O)c1=O. The predicted molar refractivity (Wildman–Crippen MR) is 82.1 cm³/mol. The molecule has 0 spiro atoms. The van der Waals surface area contributed by atoms with Gasteiger partial charge in [0.25, 0.3) is 5.56 Å². The first-order valence-electron chi connectivity index (χ1n) is 7.02. The van der Waals surface area contributed by atoms with Crippen molar-refractivity contribution >= 4 is 5.97 Å². The largest absolute Gasteiger partial charge is 0.497 e. The summed E-state index contributed by atoms with van der Waals surface area (Å²) >= 11 is 0. The molecule has 116 valence electrons. The predicted octanol–water partition coefficient (Wildman–Crippen LogP) is 1.96. The molecule has 1 heterocycles. The van der Waals surface area contributed by atoms with Crippen LogP contribution in [0.2, 0.25) is 0 Å². The van der Waals surface area contributed by atoms with Gasteiger partial charge in [0, 0.05) is 17.7 Å². The van der Waals surface area contributed by atoms with Crippen molar-refractivity contribution in [3.8, 4) is 17.0 Å².